The summed E-state index contributed by atoms with van der Waals surface area (Å²) in [5.41, 5.74) is 1.45. The lowest BCUT2D eigenvalue weighted by Gasteiger charge is -2.43. The van der Waals surface area contributed by atoms with E-state index < -0.39 is 10.0 Å². The number of methoxy groups -OCH3 is 1. The van der Waals surface area contributed by atoms with E-state index in [2.05, 4.69) is 0 Å². The van der Waals surface area contributed by atoms with Gasteiger partial charge in [-0.3, -0.25) is 4.79 Å². The molecule has 0 unspecified atom stereocenters. The van der Waals surface area contributed by atoms with Crippen LogP contribution in [0.2, 0.25) is 0 Å². The third-order valence-electron chi connectivity index (χ3n) is 5.84. The Hall–Kier alpha value is -2.29. The fraction of sp³-hybridized carbons (Fsp3) is 0.348. The van der Waals surface area contributed by atoms with Crippen LogP contribution in [0.1, 0.15) is 28.8 Å². The molecule has 0 atom stereocenters. The zero-order chi connectivity index (χ0) is 21.9. The van der Waals surface area contributed by atoms with E-state index in [0.717, 1.165) is 11.3 Å². The van der Waals surface area contributed by atoms with Crippen LogP contribution in [-0.2, 0) is 10.0 Å². The van der Waals surface area contributed by atoms with E-state index >= 15 is 0 Å². The lowest BCUT2D eigenvalue weighted by Crippen LogP contribution is -2.53. The van der Waals surface area contributed by atoms with Crippen LogP contribution in [-0.4, -0.2) is 60.9 Å². The van der Waals surface area contributed by atoms with Gasteiger partial charge < -0.3 is 9.64 Å². The van der Waals surface area contributed by atoms with Crippen molar-refractivity contribution in [3.05, 3.63) is 71.1 Å². The summed E-state index contributed by atoms with van der Waals surface area (Å²) < 4.78 is 32.4. The number of thioether (sulfide) groups is 1. The molecule has 0 aromatic heterocycles. The molecule has 0 bridgehead atoms. The minimum atomic E-state index is -3.50. The molecule has 31 heavy (non-hydrogen) atoms. The summed E-state index contributed by atoms with van der Waals surface area (Å²) in [6, 6.07) is 16.6. The number of ether oxygens (including phenoxy) is 1. The van der Waals surface area contributed by atoms with Crippen LogP contribution in [0.5, 0.6) is 5.75 Å². The van der Waals surface area contributed by atoms with Gasteiger partial charge in [0.15, 0.2) is 0 Å². The largest absolute Gasteiger partial charge is 0.497 e. The molecule has 2 aliphatic rings. The average Bonchev–Trinajstić information content (AvgIpc) is 3.21. The predicted octanol–water partition coefficient (Wildman–Crippen LogP) is 3.68. The number of hydrogen-bond donors (Lipinski definition) is 0. The molecule has 0 aliphatic carbocycles. The van der Waals surface area contributed by atoms with Gasteiger partial charge in [0.05, 0.1) is 12.0 Å². The van der Waals surface area contributed by atoms with E-state index in [1.54, 1.807) is 37.1 Å². The first-order valence-corrected chi connectivity index (χ1v) is 12.8. The number of sulfonamides is 1. The number of piperidine rings is 1. The summed E-state index contributed by atoms with van der Waals surface area (Å²) in [4.78, 5) is 14.8. The van der Waals surface area contributed by atoms with E-state index in [9.17, 15) is 13.2 Å². The maximum Gasteiger partial charge on any atom is 0.255 e. The summed E-state index contributed by atoms with van der Waals surface area (Å²) in [5, 5.41) is 1.28. The van der Waals surface area contributed by atoms with Gasteiger partial charge in [-0.05, 0) is 42.7 Å². The highest BCUT2D eigenvalue weighted by atomic mass is 32.2. The van der Waals surface area contributed by atoms with E-state index in [1.165, 1.54) is 9.71 Å². The van der Waals surface area contributed by atoms with Gasteiger partial charge in [0.2, 0.25) is 10.0 Å². The Morgan fingerprint density at radius 3 is 2.52 bits per heavy atom. The topological polar surface area (TPSA) is 66.9 Å². The Balaban J connectivity index is 1.46. The highest BCUT2D eigenvalue weighted by Gasteiger charge is 2.47. The van der Waals surface area contributed by atoms with Crippen LogP contribution in [0, 0.1) is 0 Å². The third-order valence-corrected chi connectivity index (χ3v) is 8.95. The third kappa shape index (κ3) is 4.66. The number of rotatable bonds is 5. The minimum absolute atomic E-state index is 0.0239. The molecule has 2 fully saturated rings. The smallest absolute Gasteiger partial charge is 0.255 e. The molecule has 1 amide bonds. The van der Waals surface area contributed by atoms with E-state index in [-0.39, 0.29) is 10.8 Å². The SMILES string of the molecule is COc1cccc(C(=O)N2CCSC23CCN(S(=O)(=O)C=Cc2ccccc2)CC3)c1. The minimum Gasteiger partial charge on any atom is -0.497 e. The number of nitrogens with zero attached hydrogens (tertiary/aromatic N) is 2. The van der Waals surface area contributed by atoms with Gasteiger partial charge in [0, 0.05) is 36.4 Å². The van der Waals surface area contributed by atoms with Gasteiger partial charge >= 0.3 is 0 Å². The summed E-state index contributed by atoms with van der Waals surface area (Å²) >= 11 is 1.76. The number of carbonyl (C=O) groups is 1. The average molecular weight is 459 g/mol. The van der Waals surface area contributed by atoms with Gasteiger partial charge in [-0.25, -0.2) is 8.42 Å². The van der Waals surface area contributed by atoms with Crippen LogP contribution in [0.25, 0.3) is 6.08 Å². The summed E-state index contributed by atoms with van der Waals surface area (Å²) in [6.07, 6.45) is 2.86. The molecule has 0 saturated carbocycles. The summed E-state index contributed by atoms with van der Waals surface area (Å²) in [7, 11) is -1.92. The lowest BCUT2D eigenvalue weighted by atomic mass is 10.0. The highest BCUT2D eigenvalue weighted by molar-refractivity contribution is 8.00. The molecule has 1 spiro atoms. The first kappa shape index (κ1) is 21.9. The maximum atomic E-state index is 13.2. The maximum absolute atomic E-state index is 13.2. The molecular weight excluding hydrogens is 432 g/mol. The molecule has 6 nitrogen and oxygen atoms in total. The molecule has 2 aromatic carbocycles. The molecule has 4 rings (SSSR count). The van der Waals surface area contributed by atoms with Gasteiger partial charge in [0.25, 0.3) is 5.91 Å². The van der Waals surface area contributed by atoms with Crippen molar-refractivity contribution in [1.82, 2.24) is 9.21 Å². The Morgan fingerprint density at radius 2 is 1.81 bits per heavy atom. The van der Waals surface area contributed by atoms with E-state index in [4.69, 9.17) is 4.74 Å². The van der Waals surface area contributed by atoms with Crippen LogP contribution in [0.15, 0.2) is 60.0 Å². The molecule has 0 N–H and O–H groups in total. The number of benzene rings is 2. The van der Waals surface area contributed by atoms with Crippen LogP contribution in [0.3, 0.4) is 0 Å². The van der Waals surface area contributed by atoms with Crippen LogP contribution in [0.4, 0.5) is 0 Å². The van der Waals surface area contributed by atoms with Crippen molar-refractivity contribution < 1.29 is 17.9 Å². The van der Waals surface area contributed by atoms with Crippen molar-refractivity contribution in [3.63, 3.8) is 0 Å². The van der Waals surface area contributed by atoms with Crippen molar-refractivity contribution in [3.8, 4) is 5.75 Å². The van der Waals surface area contributed by atoms with Gasteiger partial charge in [-0.15, -0.1) is 11.8 Å². The number of carbonyl (C=O) groups excluding carboxylic acids is 1. The fourth-order valence-electron chi connectivity index (χ4n) is 4.13. The van der Waals surface area contributed by atoms with Crippen molar-refractivity contribution in [2.24, 2.45) is 0 Å². The highest BCUT2D eigenvalue weighted by Crippen LogP contribution is 2.45. The summed E-state index contributed by atoms with van der Waals surface area (Å²) in [6.45, 7) is 1.47. The second kappa shape index (κ2) is 9.06. The molecule has 164 valence electrons. The number of hydrogen-bond acceptors (Lipinski definition) is 5. The van der Waals surface area contributed by atoms with E-state index in [1.807, 2.05) is 47.4 Å². The Bertz CT molecular complexity index is 1060. The van der Waals surface area contributed by atoms with Crippen molar-refractivity contribution >= 4 is 33.8 Å². The van der Waals surface area contributed by atoms with Gasteiger partial charge in [0.1, 0.15) is 5.75 Å². The van der Waals surface area contributed by atoms with Crippen molar-refractivity contribution in [2.45, 2.75) is 17.7 Å². The first-order valence-electron chi connectivity index (χ1n) is 10.3. The zero-order valence-corrected chi connectivity index (χ0v) is 19.1. The second-order valence-corrected chi connectivity index (χ2v) is 10.9. The van der Waals surface area contributed by atoms with E-state index in [0.29, 0.717) is 43.8 Å². The molecule has 2 saturated heterocycles. The standard InChI is InChI=1S/C23H26N2O4S2/c1-29-21-9-5-8-20(18-21)22(26)25-15-16-30-23(25)11-13-24(14-12-23)31(27,28)17-10-19-6-3-2-4-7-19/h2-10,17-18H,11-16H2,1H3. The Kier molecular flexibility index (Phi) is 6.41. The van der Waals surface area contributed by atoms with Crippen LogP contribution < -0.4 is 4.74 Å². The quantitative estimate of drug-likeness (QED) is 0.684. The van der Waals surface area contributed by atoms with Crippen molar-refractivity contribution in [1.29, 1.82) is 0 Å². The molecule has 2 aromatic rings. The zero-order valence-electron chi connectivity index (χ0n) is 17.4. The molecule has 8 heteroatoms. The van der Waals surface area contributed by atoms with Crippen LogP contribution >= 0.6 is 11.8 Å². The number of amides is 1. The monoisotopic (exact) mass is 458 g/mol. The Morgan fingerprint density at radius 1 is 1.06 bits per heavy atom. The second-order valence-electron chi connectivity index (χ2n) is 7.64. The molecule has 2 aliphatic heterocycles. The fourth-order valence-corrected chi connectivity index (χ4v) is 6.77. The Labute approximate surface area is 187 Å². The normalized spacial score (nSPS) is 19.2. The molecular formula is C23H26N2O4S2. The summed E-state index contributed by atoms with van der Waals surface area (Å²) in [5.74, 6) is 1.48. The predicted molar refractivity (Wildman–Crippen MR) is 124 cm³/mol. The molecule has 2 heterocycles. The van der Waals surface area contributed by atoms with Gasteiger partial charge in [-0.2, -0.15) is 4.31 Å². The lowest BCUT2D eigenvalue weighted by molar-refractivity contribution is 0.0605. The first-order chi connectivity index (χ1) is 14.9. The molecule has 0 radical (unpaired) electrons. The van der Waals surface area contributed by atoms with Gasteiger partial charge in [-0.1, -0.05) is 36.4 Å². The van der Waals surface area contributed by atoms with Crippen molar-refractivity contribution in [2.75, 3.05) is 32.5 Å².